The monoisotopic (exact) mass is 455 g/mol. The average Bonchev–Trinajstić information content (AvgIpc) is 3.46. The molecule has 0 atom stereocenters. The van der Waals surface area contributed by atoms with Gasteiger partial charge in [0.25, 0.3) is 0 Å². The standard InChI is InChI=1S/C22H19F2N5O2S/c23-16-6-4-15(5-7-16)20-25-18(13-31-20)14-32-22-27-26-21(28-8-10-30-11-9-28)29(22)19-3-1-2-17(24)12-19/h1-7,12-13H,8-11,14H2. The van der Waals surface area contributed by atoms with Crippen molar-refractivity contribution in [1.29, 1.82) is 0 Å². The fourth-order valence-electron chi connectivity index (χ4n) is 3.40. The summed E-state index contributed by atoms with van der Waals surface area (Å²) in [7, 11) is 0. The Labute approximate surface area is 187 Å². The summed E-state index contributed by atoms with van der Waals surface area (Å²) in [5.74, 6) is 0.889. The SMILES string of the molecule is Fc1ccc(-c2nc(CSc3nnc(N4CCOCC4)n3-c3cccc(F)c3)co2)cc1. The summed E-state index contributed by atoms with van der Waals surface area (Å²) in [6, 6.07) is 12.3. The summed E-state index contributed by atoms with van der Waals surface area (Å²) in [4.78, 5) is 6.56. The third kappa shape index (κ3) is 4.37. The van der Waals surface area contributed by atoms with Gasteiger partial charge in [-0.15, -0.1) is 10.2 Å². The fourth-order valence-corrected chi connectivity index (χ4v) is 4.23. The van der Waals surface area contributed by atoms with Crippen molar-refractivity contribution in [1.82, 2.24) is 19.7 Å². The number of hydrogen-bond acceptors (Lipinski definition) is 7. The average molecular weight is 455 g/mol. The van der Waals surface area contributed by atoms with Crippen molar-refractivity contribution >= 4 is 17.7 Å². The molecule has 0 amide bonds. The lowest BCUT2D eigenvalue weighted by molar-refractivity contribution is 0.122. The van der Waals surface area contributed by atoms with Crippen LogP contribution in [-0.4, -0.2) is 46.1 Å². The summed E-state index contributed by atoms with van der Waals surface area (Å²) >= 11 is 1.42. The van der Waals surface area contributed by atoms with Crippen molar-refractivity contribution in [2.75, 3.05) is 31.2 Å². The van der Waals surface area contributed by atoms with Crippen molar-refractivity contribution in [2.45, 2.75) is 10.9 Å². The Morgan fingerprint density at radius 2 is 1.78 bits per heavy atom. The Balaban J connectivity index is 1.40. The predicted molar refractivity (Wildman–Crippen MR) is 116 cm³/mol. The molecule has 0 spiro atoms. The number of morpholine rings is 1. The van der Waals surface area contributed by atoms with E-state index in [2.05, 4.69) is 20.1 Å². The number of benzene rings is 2. The Morgan fingerprint density at radius 1 is 0.969 bits per heavy atom. The molecule has 5 rings (SSSR count). The van der Waals surface area contributed by atoms with Crippen molar-refractivity contribution in [2.24, 2.45) is 0 Å². The molecule has 0 aliphatic carbocycles. The highest BCUT2D eigenvalue weighted by atomic mass is 32.2. The molecule has 0 bridgehead atoms. The van der Waals surface area contributed by atoms with Gasteiger partial charge in [-0.05, 0) is 42.5 Å². The van der Waals surface area contributed by atoms with Gasteiger partial charge in [0.05, 0.1) is 24.6 Å². The molecule has 3 heterocycles. The highest BCUT2D eigenvalue weighted by Gasteiger charge is 2.22. The maximum atomic E-state index is 14.0. The van der Waals surface area contributed by atoms with E-state index in [4.69, 9.17) is 9.15 Å². The zero-order chi connectivity index (χ0) is 21.9. The lowest BCUT2D eigenvalue weighted by Gasteiger charge is -2.27. The maximum absolute atomic E-state index is 14.0. The zero-order valence-corrected chi connectivity index (χ0v) is 17.8. The molecular weight excluding hydrogens is 436 g/mol. The number of rotatable bonds is 6. The second kappa shape index (κ2) is 9.09. The molecule has 1 fully saturated rings. The van der Waals surface area contributed by atoms with Gasteiger partial charge in [-0.2, -0.15) is 0 Å². The smallest absolute Gasteiger partial charge is 0.232 e. The zero-order valence-electron chi connectivity index (χ0n) is 16.9. The highest BCUT2D eigenvalue weighted by Crippen LogP contribution is 2.30. The number of anilines is 1. The number of oxazole rings is 1. The molecular formula is C22H19F2N5O2S. The maximum Gasteiger partial charge on any atom is 0.232 e. The van der Waals surface area contributed by atoms with Crippen molar-refractivity contribution in [3.8, 4) is 17.1 Å². The first-order valence-corrected chi connectivity index (χ1v) is 11.0. The van der Waals surface area contributed by atoms with Crippen LogP contribution in [0.4, 0.5) is 14.7 Å². The normalized spacial score (nSPS) is 14.1. The quantitative estimate of drug-likeness (QED) is 0.401. The number of hydrogen-bond donors (Lipinski definition) is 0. The molecule has 32 heavy (non-hydrogen) atoms. The first kappa shape index (κ1) is 20.7. The van der Waals surface area contributed by atoms with Gasteiger partial charge in [0.15, 0.2) is 5.16 Å². The first-order chi connectivity index (χ1) is 15.7. The molecule has 0 radical (unpaired) electrons. The Morgan fingerprint density at radius 3 is 2.56 bits per heavy atom. The van der Waals surface area contributed by atoms with Crippen molar-refractivity contribution < 1.29 is 17.9 Å². The van der Waals surface area contributed by atoms with Crippen LogP contribution in [0.1, 0.15) is 5.69 Å². The van der Waals surface area contributed by atoms with Gasteiger partial charge >= 0.3 is 0 Å². The number of nitrogens with zero attached hydrogens (tertiary/aromatic N) is 5. The number of thioether (sulfide) groups is 1. The van der Waals surface area contributed by atoms with E-state index in [0.29, 0.717) is 66.0 Å². The molecule has 1 aliphatic rings. The molecule has 10 heteroatoms. The van der Waals surface area contributed by atoms with Crippen LogP contribution in [0.3, 0.4) is 0 Å². The second-order valence-corrected chi connectivity index (χ2v) is 8.08. The third-order valence-corrected chi connectivity index (χ3v) is 5.93. The highest BCUT2D eigenvalue weighted by molar-refractivity contribution is 7.98. The van der Waals surface area contributed by atoms with E-state index in [1.54, 1.807) is 24.5 Å². The molecule has 0 saturated carbocycles. The van der Waals surface area contributed by atoms with Crippen LogP contribution in [-0.2, 0) is 10.5 Å². The Bertz CT molecular complexity index is 1210. The Kier molecular flexibility index (Phi) is 5.87. The third-order valence-electron chi connectivity index (χ3n) is 4.97. The number of halogens is 2. The van der Waals surface area contributed by atoms with Gasteiger partial charge in [-0.25, -0.2) is 13.8 Å². The van der Waals surface area contributed by atoms with Crippen LogP contribution in [0.15, 0.2) is 64.4 Å². The minimum absolute atomic E-state index is 0.316. The second-order valence-electron chi connectivity index (χ2n) is 7.14. The number of ether oxygens (including phenoxy) is 1. The van der Waals surface area contributed by atoms with E-state index in [9.17, 15) is 8.78 Å². The minimum Gasteiger partial charge on any atom is -0.444 e. The molecule has 0 N–H and O–H groups in total. The summed E-state index contributed by atoms with van der Waals surface area (Å²) in [5.41, 5.74) is 2.04. The van der Waals surface area contributed by atoms with Crippen LogP contribution in [0, 0.1) is 11.6 Å². The lowest BCUT2D eigenvalue weighted by atomic mass is 10.2. The Hall–Kier alpha value is -3.24. The van der Waals surface area contributed by atoms with Crippen LogP contribution >= 0.6 is 11.8 Å². The summed E-state index contributed by atoms with van der Waals surface area (Å²) < 4.78 is 40.0. The summed E-state index contributed by atoms with van der Waals surface area (Å²) in [6.45, 7) is 2.57. The molecule has 4 aromatic rings. The van der Waals surface area contributed by atoms with Crippen LogP contribution in [0.25, 0.3) is 17.1 Å². The molecule has 164 valence electrons. The van der Waals surface area contributed by atoms with E-state index >= 15 is 0 Å². The van der Waals surface area contributed by atoms with Gasteiger partial charge < -0.3 is 14.1 Å². The van der Waals surface area contributed by atoms with E-state index in [1.165, 1.54) is 36.0 Å². The molecule has 0 unspecified atom stereocenters. The topological polar surface area (TPSA) is 69.2 Å². The van der Waals surface area contributed by atoms with E-state index in [1.807, 2.05) is 10.6 Å². The van der Waals surface area contributed by atoms with Crippen LogP contribution in [0.5, 0.6) is 0 Å². The van der Waals surface area contributed by atoms with Crippen LogP contribution < -0.4 is 4.90 Å². The number of aromatic nitrogens is 4. The molecule has 7 nitrogen and oxygen atoms in total. The van der Waals surface area contributed by atoms with Crippen molar-refractivity contribution in [3.05, 3.63) is 72.1 Å². The van der Waals surface area contributed by atoms with Crippen molar-refractivity contribution in [3.63, 3.8) is 0 Å². The molecule has 2 aromatic heterocycles. The van der Waals surface area contributed by atoms with E-state index < -0.39 is 0 Å². The van der Waals surface area contributed by atoms with E-state index in [-0.39, 0.29) is 11.6 Å². The minimum atomic E-state index is -0.333. The van der Waals surface area contributed by atoms with Gasteiger partial charge in [-0.3, -0.25) is 4.57 Å². The summed E-state index contributed by atoms with van der Waals surface area (Å²) in [5, 5.41) is 9.35. The fraction of sp³-hybridized carbons (Fsp3) is 0.227. The van der Waals surface area contributed by atoms with Gasteiger partial charge in [0, 0.05) is 24.4 Å². The van der Waals surface area contributed by atoms with Crippen LogP contribution in [0.2, 0.25) is 0 Å². The van der Waals surface area contributed by atoms with Gasteiger partial charge in [0.2, 0.25) is 11.8 Å². The van der Waals surface area contributed by atoms with E-state index in [0.717, 1.165) is 0 Å². The summed E-state index contributed by atoms with van der Waals surface area (Å²) in [6.07, 6.45) is 1.57. The molecule has 1 aliphatic heterocycles. The first-order valence-electron chi connectivity index (χ1n) is 10.0. The van der Waals surface area contributed by atoms with Gasteiger partial charge in [0.1, 0.15) is 17.9 Å². The van der Waals surface area contributed by atoms with Gasteiger partial charge in [-0.1, -0.05) is 17.8 Å². The lowest BCUT2D eigenvalue weighted by Crippen LogP contribution is -2.37. The molecule has 1 saturated heterocycles. The molecule has 2 aromatic carbocycles. The largest absolute Gasteiger partial charge is 0.444 e. The predicted octanol–water partition coefficient (Wildman–Crippen LogP) is 4.33.